The minimum atomic E-state index is -0.536. The van der Waals surface area contributed by atoms with Crippen LogP contribution in [-0.4, -0.2) is 16.4 Å². The first-order valence-corrected chi connectivity index (χ1v) is 8.40. The number of benzene rings is 2. The number of nitriles is 1. The standard InChI is InChI=1S/C20H15ClN4O2/c21-15-5-7-16(8-6-15)24-20(27)13(10-22)9-14-11-25(12-19(23)26)18-4-2-1-3-17(14)18/h1-9,11H,12H2,(H2,23,26)(H,24,27). The molecule has 3 aromatic rings. The molecule has 3 rings (SSSR count). The van der Waals surface area contributed by atoms with Crippen LogP contribution in [0.4, 0.5) is 5.69 Å². The normalized spacial score (nSPS) is 11.2. The van der Waals surface area contributed by atoms with Crippen molar-refractivity contribution >= 4 is 46.1 Å². The first kappa shape index (κ1) is 18.2. The highest BCUT2D eigenvalue weighted by molar-refractivity contribution is 6.30. The molecule has 2 amide bonds. The molecule has 7 heteroatoms. The molecule has 0 unspecified atom stereocenters. The number of fused-ring (bicyclic) bond motifs is 1. The van der Waals surface area contributed by atoms with Gasteiger partial charge in [0.1, 0.15) is 18.2 Å². The number of nitrogens with zero attached hydrogens (tertiary/aromatic N) is 2. The van der Waals surface area contributed by atoms with Gasteiger partial charge in [0.25, 0.3) is 5.91 Å². The summed E-state index contributed by atoms with van der Waals surface area (Å²) in [6, 6.07) is 15.9. The van der Waals surface area contributed by atoms with Crippen molar-refractivity contribution in [3.05, 3.63) is 70.9 Å². The van der Waals surface area contributed by atoms with Crippen LogP contribution in [0.15, 0.2) is 60.3 Å². The Balaban J connectivity index is 1.95. The van der Waals surface area contributed by atoms with Gasteiger partial charge >= 0.3 is 0 Å². The van der Waals surface area contributed by atoms with E-state index in [0.29, 0.717) is 16.3 Å². The van der Waals surface area contributed by atoms with Gasteiger partial charge in [0, 0.05) is 33.4 Å². The van der Waals surface area contributed by atoms with Crippen molar-refractivity contribution in [2.45, 2.75) is 6.54 Å². The second-order valence-corrected chi connectivity index (χ2v) is 6.26. The molecule has 6 nitrogen and oxygen atoms in total. The lowest BCUT2D eigenvalue weighted by molar-refractivity contribution is -0.118. The zero-order chi connectivity index (χ0) is 19.4. The molecular weight excluding hydrogens is 364 g/mol. The minimum absolute atomic E-state index is 0.00715. The van der Waals surface area contributed by atoms with E-state index in [4.69, 9.17) is 17.3 Å². The highest BCUT2D eigenvalue weighted by Crippen LogP contribution is 2.24. The Kier molecular flexibility index (Phi) is 5.25. The maximum absolute atomic E-state index is 12.4. The fraction of sp³-hybridized carbons (Fsp3) is 0.0500. The number of rotatable bonds is 5. The van der Waals surface area contributed by atoms with Gasteiger partial charge in [-0.1, -0.05) is 29.8 Å². The van der Waals surface area contributed by atoms with Crippen LogP contribution in [0.1, 0.15) is 5.56 Å². The number of hydrogen-bond donors (Lipinski definition) is 2. The molecule has 0 aliphatic heterocycles. The Hall–Kier alpha value is -3.56. The molecule has 0 saturated carbocycles. The molecule has 134 valence electrons. The van der Waals surface area contributed by atoms with E-state index < -0.39 is 11.8 Å². The molecule has 0 saturated heterocycles. The predicted octanol–water partition coefficient (Wildman–Crippen LogP) is 3.33. The number of nitrogens with one attached hydrogen (secondary N) is 1. The van der Waals surface area contributed by atoms with Crippen LogP contribution >= 0.6 is 11.6 Å². The highest BCUT2D eigenvalue weighted by Gasteiger charge is 2.13. The Morgan fingerprint density at radius 1 is 1.19 bits per heavy atom. The van der Waals surface area contributed by atoms with Gasteiger partial charge in [0.2, 0.25) is 5.91 Å². The average molecular weight is 379 g/mol. The van der Waals surface area contributed by atoms with Crippen LogP contribution in [0.5, 0.6) is 0 Å². The molecule has 0 bridgehead atoms. The lowest BCUT2D eigenvalue weighted by atomic mass is 10.1. The summed E-state index contributed by atoms with van der Waals surface area (Å²) >= 11 is 5.83. The van der Waals surface area contributed by atoms with Gasteiger partial charge in [-0.05, 0) is 36.4 Å². The number of amides is 2. The van der Waals surface area contributed by atoms with Crippen LogP contribution in [0.3, 0.4) is 0 Å². The maximum atomic E-state index is 12.4. The van der Waals surface area contributed by atoms with Crippen LogP contribution in [0.25, 0.3) is 17.0 Å². The second kappa shape index (κ2) is 7.77. The van der Waals surface area contributed by atoms with E-state index >= 15 is 0 Å². The molecule has 2 aromatic carbocycles. The Morgan fingerprint density at radius 3 is 2.56 bits per heavy atom. The quantitative estimate of drug-likeness (QED) is 0.526. The van der Waals surface area contributed by atoms with Crippen molar-refractivity contribution in [3.63, 3.8) is 0 Å². The summed E-state index contributed by atoms with van der Waals surface area (Å²) < 4.78 is 1.69. The third-order valence-corrected chi connectivity index (χ3v) is 4.16. The summed E-state index contributed by atoms with van der Waals surface area (Å²) in [7, 11) is 0. The van der Waals surface area contributed by atoms with E-state index in [2.05, 4.69) is 5.32 Å². The molecule has 0 aliphatic carbocycles. The van der Waals surface area contributed by atoms with Gasteiger partial charge in [-0.25, -0.2) is 0 Å². The largest absolute Gasteiger partial charge is 0.368 e. The number of para-hydroxylation sites is 1. The number of halogens is 1. The van der Waals surface area contributed by atoms with Crippen LogP contribution in [-0.2, 0) is 16.1 Å². The van der Waals surface area contributed by atoms with Crippen molar-refractivity contribution in [3.8, 4) is 6.07 Å². The zero-order valence-electron chi connectivity index (χ0n) is 14.1. The first-order chi connectivity index (χ1) is 13.0. The Labute approximate surface area is 160 Å². The zero-order valence-corrected chi connectivity index (χ0v) is 14.9. The predicted molar refractivity (Wildman–Crippen MR) is 105 cm³/mol. The third kappa shape index (κ3) is 4.17. The number of primary amides is 1. The van der Waals surface area contributed by atoms with E-state index in [9.17, 15) is 14.9 Å². The van der Waals surface area contributed by atoms with E-state index in [0.717, 1.165) is 10.9 Å². The monoisotopic (exact) mass is 378 g/mol. The lowest BCUT2D eigenvalue weighted by Crippen LogP contribution is -2.17. The molecule has 0 fully saturated rings. The number of nitrogens with two attached hydrogens (primary N) is 1. The molecule has 0 aliphatic rings. The van der Waals surface area contributed by atoms with Crippen molar-refractivity contribution < 1.29 is 9.59 Å². The highest BCUT2D eigenvalue weighted by atomic mass is 35.5. The minimum Gasteiger partial charge on any atom is -0.368 e. The van der Waals surface area contributed by atoms with Gasteiger partial charge in [-0.2, -0.15) is 5.26 Å². The summed E-state index contributed by atoms with van der Waals surface area (Å²) in [6.45, 7) is 0.00715. The topological polar surface area (TPSA) is 101 Å². The maximum Gasteiger partial charge on any atom is 0.266 e. The van der Waals surface area contributed by atoms with Crippen molar-refractivity contribution in [1.29, 1.82) is 5.26 Å². The number of carbonyl (C=O) groups is 2. The number of carbonyl (C=O) groups excluding carboxylic acids is 2. The summed E-state index contributed by atoms with van der Waals surface area (Å²) in [4.78, 5) is 23.7. The lowest BCUT2D eigenvalue weighted by Gasteiger charge is -2.04. The molecule has 1 heterocycles. The molecule has 0 spiro atoms. The van der Waals surface area contributed by atoms with Crippen molar-refractivity contribution in [2.75, 3.05) is 5.32 Å². The Bertz CT molecular complexity index is 1090. The van der Waals surface area contributed by atoms with Gasteiger partial charge in [0.15, 0.2) is 0 Å². The average Bonchev–Trinajstić information content (AvgIpc) is 2.98. The first-order valence-electron chi connectivity index (χ1n) is 8.03. The molecule has 1 aromatic heterocycles. The summed E-state index contributed by atoms with van der Waals surface area (Å²) in [6.07, 6.45) is 3.19. The van der Waals surface area contributed by atoms with E-state index in [1.54, 1.807) is 35.0 Å². The van der Waals surface area contributed by atoms with E-state index in [1.165, 1.54) is 6.08 Å². The summed E-state index contributed by atoms with van der Waals surface area (Å²) in [5.74, 6) is -1.01. The number of anilines is 1. The van der Waals surface area contributed by atoms with Gasteiger partial charge in [-0.15, -0.1) is 0 Å². The second-order valence-electron chi connectivity index (χ2n) is 5.83. The Morgan fingerprint density at radius 2 is 1.89 bits per heavy atom. The molecular formula is C20H15ClN4O2. The number of aromatic nitrogens is 1. The third-order valence-electron chi connectivity index (χ3n) is 3.91. The number of hydrogen-bond acceptors (Lipinski definition) is 3. The van der Waals surface area contributed by atoms with Gasteiger partial charge < -0.3 is 15.6 Å². The fourth-order valence-electron chi connectivity index (χ4n) is 2.72. The summed E-state index contributed by atoms with van der Waals surface area (Å²) in [5, 5.41) is 13.4. The SMILES string of the molecule is N#CC(=Cc1cn(CC(N)=O)c2ccccc12)C(=O)Nc1ccc(Cl)cc1. The van der Waals surface area contributed by atoms with Crippen LogP contribution in [0.2, 0.25) is 5.02 Å². The van der Waals surface area contributed by atoms with E-state index in [-0.39, 0.29) is 12.1 Å². The smallest absolute Gasteiger partial charge is 0.266 e. The summed E-state index contributed by atoms with van der Waals surface area (Å²) in [5.41, 5.74) is 7.20. The van der Waals surface area contributed by atoms with Crippen LogP contribution in [0, 0.1) is 11.3 Å². The van der Waals surface area contributed by atoms with Crippen LogP contribution < -0.4 is 11.1 Å². The molecule has 3 N–H and O–H groups in total. The molecule has 27 heavy (non-hydrogen) atoms. The van der Waals surface area contributed by atoms with E-state index in [1.807, 2.05) is 30.3 Å². The molecule has 0 radical (unpaired) electrons. The molecule has 0 atom stereocenters. The fourth-order valence-corrected chi connectivity index (χ4v) is 2.85. The van der Waals surface area contributed by atoms with Crippen molar-refractivity contribution in [2.24, 2.45) is 5.73 Å². The van der Waals surface area contributed by atoms with Gasteiger partial charge in [-0.3, -0.25) is 9.59 Å². The van der Waals surface area contributed by atoms with Crippen molar-refractivity contribution in [1.82, 2.24) is 4.57 Å². The van der Waals surface area contributed by atoms with Gasteiger partial charge in [0.05, 0.1) is 0 Å².